The van der Waals surface area contributed by atoms with E-state index in [4.69, 9.17) is 22.1 Å². The lowest BCUT2D eigenvalue weighted by Gasteiger charge is -2.26. The van der Waals surface area contributed by atoms with E-state index in [1.54, 1.807) is 11.7 Å². The molecule has 0 aliphatic rings. The minimum absolute atomic E-state index is 0.0574. The lowest BCUT2D eigenvalue weighted by Crippen LogP contribution is -2.33. The Labute approximate surface area is 211 Å². The van der Waals surface area contributed by atoms with Gasteiger partial charge in [-0.1, -0.05) is 24.3 Å². The third-order valence-corrected chi connectivity index (χ3v) is 6.69. The van der Waals surface area contributed by atoms with Crippen LogP contribution in [0.15, 0.2) is 53.3 Å². The summed E-state index contributed by atoms with van der Waals surface area (Å²) in [4.78, 5) is 17.7. The van der Waals surface area contributed by atoms with Crippen LogP contribution in [0.3, 0.4) is 0 Å². The zero-order valence-corrected chi connectivity index (χ0v) is 22.0. The SMILES string of the molecule is COCCCn1c(=O)c2ccccc2n2c(=S)n(CN(Cc3ccc(N(C)C)cc3)C(C)C)nc12. The maximum Gasteiger partial charge on any atom is 0.262 e. The Morgan fingerprint density at radius 1 is 1.09 bits per heavy atom. The smallest absolute Gasteiger partial charge is 0.262 e. The van der Waals surface area contributed by atoms with Gasteiger partial charge in [0, 0.05) is 52.6 Å². The Hall–Kier alpha value is -3.01. The lowest BCUT2D eigenvalue weighted by molar-refractivity contribution is 0.153. The number of methoxy groups -OCH3 is 1. The molecule has 8 nitrogen and oxygen atoms in total. The third-order valence-electron chi connectivity index (χ3n) is 6.30. The molecule has 2 aromatic carbocycles. The second kappa shape index (κ2) is 10.7. The van der Waals surface area contributed by atoms with E-state index >= 15 is 0 Å². The molecule has 9 heteroatoms. The van der Waals surface area contributed by atoms with Crippen molar-refractivity contribution in [2.75, 3.05) is 32.7 Å². The molecule has 35 heavy (non-hydrogen) atoms. The Morgan fingerprint density at radius 3 is 2.46 bits per heavy atom. The molecule has 0 fully saturated rings. The molecule has 0 radical (unpaired) electrons. The highest BCUT2D eigenvalue weighted by Gasteiger charge is 2.18. The van der Waals surface area contributed by atoms with Crippen molar-refractivity contribution in [3.8, 4) is 0 Å². The highest BCUT2D eigenvalue weighted by atomic mass is 32.1. The first-order valence-corrected chi connectivity index (χ1v) is 12.3. The molecule has 0 bridgehead atoms. The molecule has 2 aromatic heterocycles. The molecule has 186 valence electrons. The molecular weight excluding hydrogens is 460 g/mol. The van der Waals surface area contributed by atoms with Gasteiger partial charge in [0.15, 0.2) is 0 Å². The van der Waals surface area contributed by atoms with Crippen molar-refractivity contribution >= 4 is 34.6 Å². The van der Waals surface area contributed by atoms with Crippen LogP contribution in [0.4, 0.5) is 5.69 Å². The topological polar surface area (TPSA) is 59.9 Å². The van der Waals surface area contributed by atoms with Gasteiger partial charge in [-0.05, 0) is 62.3 Å². The van der Waals surface area contributed by atoms with E-state index in [0.29, 0.717) is 42.2 Å². The number of benzene rings is 2. The average molecular weight is 495 g/mol. The fraction of sp³-hybridized carbons (Fsp3) is 0.423. The van der Waals surface area contributed by atoms with E-state index in [-0.39, 0.29) is 11.6 Å². The zero-order valence-electron chi connectivity index (χ0n) is 21.1. The van der Waals surface area contributed by atoms with Crippen LogP contribution in [0.25, 0.3) is 16.7 Å². The van der Waals surface area contributed by atoms with Crippen molar-refractivity contribution in [1.82, 2.24) is 23.6 Å². The van der Waals surface area contributed by atoms with Gasteiger partial charge in [-0.25, -0.2) is 4.68 Å². The average Bonchev–Trinajstić information content (AvgIpc) is 3.17. The zero-order chi connectivity index (χ0) is 25.1. The molecule has 0 N–H and O–H groups in total. The maximum absolute atomic E-state index is 13.3. The monoisotopic (exact) mass is 494 g/mol. The second-order valence-corrected chi connectivity index (χ2v) is 9.65. The minimum atomic E-state index is -0.0574. The quantitative estimate of drug-likeness (QED) is 0.244. The Bertz CT molecular complexity index is 1420. The van der Waals surface area contributed by atoms with E-state index in [0.717, 1.165) is 12.1 Å². The first-order chi connectivity index (χ1) is 16.8. The van der Waals surface area contributed by atoms with Gasteiger partial charge in [-0.15, -0.1) is 5.10 Å². The van der Waals surface area contributed by atoms with Crippen molar-refractivity contribution in [1.29, 1.82) is 0 Å². The first-order valence-electron chi connectivity index (χ1n) is 11.9. The molecule has 0 saturated carbocycles. The molecule has 2 heterocycles. The van der Waals surface area contributed by atoms with Crippen molar-refractivity contribution in [3.63, 3.8) is 0 Å². The number of aromatic nitrogens is 4. The molecule has 0 aliphatic heterocycles. The summed E-state index contributed by atoms with van der Waals surface area (Å²) in [5, 5.41) is 5.49. The Kier molecular flexibility index (Phi) is 7.69. The van der Waals surface area contributed by atoms with Crippen LogP contribution >= 0.6 is 12.2 Å². The molecule has 0 aliphatic carbocycles. The predicted octanol–water partition coefficient (Wildman–Crippen LogP) is 4.15. The van der Waals surface area contributed by atoms with Crippen LogP contribution in [-0.4, -0.2) is 57.5 Å². The van der Waals surface area contributed by atoms with Gasteiger partial charge >= 0.3 is 0 Å². The molecule has 4 rings (SSSR count). The summed E-state index contributed by atoms with van der Waals surface area (Å²) in [6.45, 7) is 6.71. The summed E-state index contributed by atoms with van der Waals surface area (Å²) < 4.78 is 11.3. The Balaban J connectivity index is 1.74. The second-order valence-electron chi connectivity index (χ2n) is 9.28. The van der Waals surface area contributed by atoms with E-state index < -0.39 is 0 Å². The van der Waals surface area contributed by atoms with Gasteiger partial charge in [0.1, 0.15) is 0 Å². The highest BCUT2D eigenvalue weighted by molar-refractivity contribution is 7.71. The van der Waals surface area contributed by atoms with Gasteiger partial charge in [0.25, 0.3) is 5.56 Å². The molecule has 0 unspecified atom stereocenters. The molecule has 0 spiro atoms. The number of ether oxygens (including phenoxy) is 1. The van der Waals surface area contributed by atoms with Crippen LogP contribution < -0.4 is 10.5 Å². The standard InChI is InChI=1S/C26H34N6O2S/c1-19(2)29(17-20-11-13-21(14-12-20)28(3)4)18-31-26(35)32-23-10-7-6-9-22(23)24(33)30(25(32)27-31)15-8-16-34-5/h6-7,9-14,19H,8,15-18H2,1-5H3. The van der Waals surface area contributed by atoms with E-state index in [2.05, 4.69) is 47.9 Å². The van der Waals surface area contributed by atoms with Crippen molar-refractivity contribution < 1.29 is 4.74 Å². The molecule has 0 atom stereocenters. The number of para-hydroxylation sites is 1. The fourth-order valence-corrected chi connectivity index (χ4v) is 4.51. The largest absolute Gasteiger partial charge is 0.385 e. The number of hydrogen-bond donors (Lipinski definition) is 0. The van der Waals surface area contributed by atoms with Crippen molar-refractivity contribution in [2.24, 2.45) is 0 Å². The summed E-state index contributed by atoms with van der Waals surface area (Å²) in [5.41, 5.74) is 3.12. The van der Waals surface area contributed by atoms with Crippen LogP contribution in [0.5, 0.6) is 0 Å². The number of aryl methyl sites for hydroxylation is 1. The van der Waals surface area contributed by atoms with Crippen LogP contribution in [-0.2, 0) is 24.5 Å². The molecule has 4 aromatic rings. The van der Waals surface area contributed by atoms with Gasteiger partial charge in [-0.2, -0.15) is 0 Å². The number of fused-ring (bicyclic) bond motifs is 3. The lowest BCUT2D eigenvalue weighted by atomic mass is 10.1. The highest BCUT2D eigenvalue weighted by Crippen LogP contribution is 2.18. The van der Waals surface area contributed by atoms with E-state index in [1.807, 2.05) is 47.4 Å². The Morgan fingerprint density at radius 2 is 1.80 bits per heavy atom. The maximum atomic E-state index is 13.3. The number of rotatable bonds is 10. The number of hydrogen-bond acceptors (Lipinski definition) is 6. The van der Waals surface area contributed by atoms with Crippen LogP contribution in [0.2, 0.25) is 0 Å². The van der Waals surface area contributed by atoms with Gasteiger partial charge in [0.2, 0.25) is 10.5 Å². The summed E-state index contributed by atoms with van der Waals surface area (Å²) >= 11 is 5.90. The van der Waals surface area contributed by atoms with Crippen molar-refractivity contribution in [3.05, 3.63) is 69.2 Å². The van der Waals surface area contributed by atoms with Gasteiger partial charge < -0.3 is 9.64 Å². The minimum Gasteiger partial charge on any atom is -0.385 e. The van der Waals surface area contributed by atoms with Crippen molar-refractivity contribution in [2.45, 2.75) is 46.1 Å². The first kappa shape index (κ1) is 25.1. The fourth-order valence-electron chi connectivity index (χ4n) is 4.23. The molecular formula is C26H34N6O2S. The van der Waals surface area contributed by atoms with Crippen LogP contribution in [0.1, 0.15) is 25.8 Å². The normalized spacial score (nSPS) is 11.9. The summed E-state index contributed by atoms with van der Waals surface area (Å²) in [7, 11) is 5.75. The van der Waals surface area contributed by atoms with Crippen LogP contribution in [0, 0.1) is 4.77 Å². The number of nitrogens with zero attached hydrogens (tertiary/aromatic N) is 6. The van der Waals surface area contributed by atoms with Gasteiger partial charge in [-0.3, -0.25) is 18.7 Å². The summed E-state index contributed by atoms with van der Waals surface area (Å²) in [5.74, 6) is 0.564. The summed E-state index contributed by atoms with van der Waals surface area (Å²) in [6, 6.07) is 16.4. The van der Waals surface area contributed by atoms with E-state index in [1.165, 1.54) is 11.3 Å². The third kappa shape index (κ3) is 5.17. The number of anilines is 1. The predicted molar refractivity (Wildman–Crippen MR) is 144 cm³/mol. The van der Waals surface area contributed by atoms with E-state index in [9.17, 15) is 4.79 Å². The summed E-state index contributed by atoms with van der Waals surface area (Å²) in [6.07, 6.45) is 0.713. The molecule has 0 saturated heterocycles. The molecule has 0 amide bonds. The van der Waals surface area contributed by atoms with Gasteiger partial charge in [0.05, 0.1) is 17.6 Å².